The van der Waals surface area contributed by atoms with Crippen LogP contribution < -0.4 is 5.32 Å². The van der Waals surface area contributed by atoms with Crippen molar-refractivity contribution in [2.24, 2.45) is 0 Å². The molecule has 4 nitrogen and oxygen atoms in total. The van der Waals surface area contributed by atoms with E-state index in [-0.39, 0.29) is 24.5 Å². The van der Waals surface area contributed by atoms with E-state index in [0.717, 1.165) is 17.5 Å². The van der Waals surface area contributed by atoms with Crippen molar-refractivity contribution in [3.63, 3.8) is 0 Å². The number of carbonyl (C=O) groups is 2. The molecule has 4 heteroatoms. The molecule has 1 N–H and O–H groups in total. The van der Waals surface area contributed by atoms with Gasteiger partial charge in [-0.15, -0.1) is 0 Å². The molecule has 0 fully saturated rings. The molecule has 0 saturated carbocycles. The monoisotopic (exact) mass is 353 g/mol. The second-order valence-electron chi connectivity index (χ2n) is 6.16. The molecule has 2 rings (SSSR count). The zero-order chi connectivity index (χ0) is 18.8. The van der Waals surface area contributed by atoms with Crippen LogP contribution in [0.25, 0.3) is 0 Å². The minimum atomic E-state index is -0.116. The molecular weight excluding hydrogens is 326 g/mol. The summed E-state index contributed by atoms with van der Waals surface area (Å²) in [6.45, 7) is 5.67. The fourth-order valence-electron chi connectivity index (χ4n) is 2.66. The van der Waals surface area contributed by atoms with Crippen LogP contribution in [0.3, 0.4) is 0 Å². The largest absolute Gasteiger partial charge is 0.377 e. The van der Waals surface area contributed by atoms with E-state index in [4.69, 9.17) is 4.74 Å². The van der Waals surface area contributed by atoms with E-state index in [1.807, 2.05) is 55.5 Å². The minimum Gasteiger partial charge on any atom is -0.377 e. The van der Waals surface area contributed by atoms with Crippen LogP contribution in [0.15, 0.2) is 48.5 Å². The molecule has 2 aromatic carbocycles. The fourth-order valence-corrected chi connectivity index (χ4v) is 2.66. The van der Waals surface area contributed by atoms with Gasteiger partial charge in [-0.05, 0) is 30.0 Å². The summed E-state index contributed by atoms with van der Waals surface area (Å²) < 4.78 is 5.45. The van der Waals surface area contributed by atoms with Gasteiger partial charge in [0.05, 0.1) is 6.61 Å². The van der Waals surface area contributed by atoms with Crippen LogP contribution in [-0.2, 0) is 29.1 Å². The van der Waals surface area contributed by atoms with Crippen molar-refractivity contribution in [2.45, 2.75) is 46.3 Å². The van der Waals surface area contributed by atoms with Crippen LogP contribution in [0.2, 0.25) is 0 Å². The standard InChI is InChI=1S/C22H27NO3/c1-3-17-9-11-18(12-10-17)21(24)13-14-22(25)23-15-19-7-5-6-8-20(19)16-26-4-2/h5-12H,3-4,13-16H2,1-2H3,(H,23,25). The average molecular weight is 353 g/mol. The number of ketones is 1. The van der Waals surface area contributed by atoms with Crippen molar-refractivity contribution < 1.29 is 14.3 Å². The third kappa shape index (κ3) is 6.12. The Morgan fingerprint density at radius 1 is 0.923 bits per heavy atom. The Morgan fingerprint density at radius 3 is 2.27 bits per heavy atom. The highest BCUT2D eigenvalue weighted by molar-refractivity contribution is 5.97. The van der Waals surface area contributed by atoms with Crippen molar-refractivity contribution >= 4 is 11.7 Å². The smallest absolute Gasteiger partial charge is 0.220 e. The van der Waals surface area contributed by atoms with Crippen LogP contribution in [0.1, 0.15) is 53.7 Å². The minimum absolute atomic E-state index is 0.000418. The van der Waals surface area contributed by atoms with E-state index in [2.05, 4.69) is 12.2 Å². The van der Waals surface area contributed by atoms with Crippen LogP contribution >= 0.6 is 0 Å². The number of benzene rings is 2. The van der Waals surface area contributed by atoms with E-state index in [1.54, 1.807) is 0 Å². The van der Waals surface area contributed by atoms with Gasteiger partial charge in [-0.3, -0.25) is 9.59 Å². The van der Waals surface area contributed by atoms with Gasteiger partial charge < -0.3 is 10.1 Å². The highest BCUT2D eigenvalue weighted by atomic mass is 16.5. The van der Waals surface area contributed by atoms with E-state index >= 15 is 0 Å². The maximum Gasteiger partial charge on any atom is 0.220 e. The Hall–Kier alpha value is -2.46. The van der Waals surface area contributed by atoms with Crippen molar-refractivity contribution in [2.75, 3.05) is 6.61 Å². The molecule has 26 heavy (non-hydrogen) atoms. The zero-order valence-corrected chi connectivity index (χ0v) is 15.6. The quantitative estimate of drug-likeness (QED) is 0.655. The zero-order valence-electron chi connectivity index (χ0n) is 15.6. The third-order valence-corrected chi connectivity index (χ3v) is 4.32. The lowest BCUT2D eigenvalue weighted by Crippen LogP contribution is -2.24. The first kappa shape index (κ1) is 19.9. The summed E-state index contributed by atoms with van der Waals surface area (Å²) >= 11 is 0. The lowest BCUT2D eigenvalue weighted by molar-refractivity contribution is -0.121. The summed E-state index contributed by atoms with van der Waals surface area (Å²) in [6, 6.07) is 15.5. The molecular formula is C22H27NO3. The fraction of sp³-hybridized carbons (Fsp3) is 0.364. The Labute approximate surface area is 155 Å². The maximum absolute atomic E-state index is 12.2. The van der Waals surface area contributed by atoms with Crippen molar-refractivity contribution in [3.8, 4) is 0 Å². The first-order chi connectivity index (χ1) is 12.6. The van der Waals surface area contributed by atoms with Gasteiger partial charge in [-0.25, -0.2) is 0 Å². The highest BCUT2D eigenvalue weighted by Gasteiger charge is 2.10. The first-order valence-corrected chi connectivity index (χ1v) is 9.17. The molecule has 2 aromatic rings. The lowest BCUT2D eigenvalue weighted by Gasteiger charge is -2.10. The SMILES string of the molecule is CCOCc1ccccc1CNC(=O)CCC(=O)c1ccc(CC)cc1. The molecule has 0 heterocycles. The summed E-state index contributed by atoms with van der Waals surface area (Å²) in [7, 11) is 0. The molecule has 0 aliphatic carbocycles. The number of ether oxygens (including phenoxy) is 1. The Balaban J connectivity index is 1.81. The van der Waals surface area contributed by atoms with Gasteiger partial charge in [-0.1, -0.05) is 55.5 Å². The Kier molecular flexibility index (Phi) is 8.03. The van der Waals surface area contributed by atoms with Gasteiger partial charge in [0.25, 0.3) is 0 Å². The summed E-state index contributed by atoms with van der Waals surface area (Å²) in [5.74, 6) is -0.116. The van der Waals surface area contributed by atoms with Gasteiger partial charge in [0.2, 0.25) is 5.91 Å². The highest BCUT2D eigenvalue weighted by Crippen LogP contribution is 2.11. The molecule has 0 spiro atoms. The van der Waals surface area contributed by atoms with Gasteiger partial charge in [0, 0.05) is 31.6 Å². The number of carbonyl (C=O) groups excluding carboxylic acids is 2. The summed E-state index contributed by atoms with van der Waals surface area (Å²) in [5.41, 5.74) is 3.97. The third-order valence-electron chi connectivity index (χ3n) is 4.32. The lowest BCUT2D eigenvalue weighted by atomic mass is 10.0. The van der Waals surface area contributed by atoms with E-state index in [1.165, 1.54) is 5.56 Å². The van der Waals surface area contributed by atoms with Crippen LogP contribution in [-0.4, -0.2) is 18.3 Å². The van der Waals surface area contributed by atoms with E-state index in [0.29, 0.717) is 25.3 Å². The number of rotatable bonds is 10. The Morgan fingerprint density at radius 2 is 1.62 bits per heavy atom. The maximum atomic E-state index is 12.2. The van der Waals surface area contributed by atoms with Crippen molar-refractivity contribution in [3.05, 3.63) is 70.8 Å². The van der Waals surface area contributed by atoms with Crippen LogP contribution in [0, 0.1) is 0 Å². The normalized spacial score (nSPS) is 10.5. The molecule has 0 aliphatic heterocycles. The molecule has 0 aromatic heterocycles. The van der Waals surface area contributed by atoms with E-state index in [9.17, 15) is 9.59 Å². The molecule has 0 saturated heterocycles. The summed E-state index contributed by atoms with van der Waals surface area (Å²) in [5, 5.41) is 2.89. The average Bonchev–Trinajstić information content (AvgIpc) is 2.69. The molecule has 138 valence electrons. The number of Topliss-reactive ketones (excluding diaryl/α,β-unsaturated/α-hetero) is 1. The predicted octanol–water partition coefficient (Wildman–Crippen LogP) is 4.06. The second kappa shape index (κ2) is 10.5. The van der Waals surface area contributed by atoms with Gasteiger partial charge in [0.1, 0.15) is 0 Å². The molecule has 0 atom stereocenters. The van der Waals surface area contributed by atoms with Crippen molar-refractivity contribution in [1.82, 2.24) is 5.32 Å². The van der Waals surface area contributed by atoms with Gasteiger partial charge in [-0.2, -0.15) is 0 Å². The number of amides is 1. The topological polar surface area (TPSA) is 55.4 Å². The van der Waals surface area contributed by atoms with Crippen LogP contribution in [0.4, 0.5) is 0 Å². The van der Waals surface area contributed by atoms with Crippen molar-refractivity contribution in [1.29, 1.82) is 0 Å². The molecule has 0 unspecified atom stereocenters. The molecule has 0 aliphatic rings. The number of hydrogen-bond acceptors (Lipinski definition) is 3. The summed E-state index contributed by atoms with van der Waals surface area (Å²) in [6.07, 6.45) is 1.36. The van der Waals surface area contributed by atoms with E-state index < -0.39 is 0 Å². The first-order valence-electron chi connectivity index (χ1n) is 9.17. The number of aryl methyl sites for hydroxylation is 1. The molecule has 1 amide bonds. The predicted molar refractivity (Wildman–Crippen MR) is 103 cm³/mol. The Bertz CT molecular complexity index is 722. The summed E-state index contributed by atoms with van der Waals surface area (Å²) in [4.78, 5) is 24.3. The number of hydrogen-bond donors (Lipinski definition) is 1. The number of nitrogens with one attached hydrogen (secondary N) is 1. The van der Waals surface area contributed by atoms with Gasteiger partial charge in [0.15, 0.2) is 5.78 Å². The van der Waals surface area contributed by atoms with Gasteiger partial charge >= 0.3 is 0 Å². The molecule has 0 radical (unpaired) electrons. The molecule has 0 bridgehead atoms. The second-order valence-corrected chi connectivity index (χ2v) is 6.16. The van der Waals surface area contributed by atoms with Crippen LogP contribution in [0.5, 0.6) is 0 Å².